The van der Waals surface area contributed by atoms with Crippen LogP contribution in [0.5, 0.6) is 5.88 Å². The molecule has 4 rings (SSSR count). The van der Waals surface area contributed by atoms with E-state index in [2.05, 4.69) is 4.98 Å². The Bertz CT molecular complexity index is 866. The minimum Gasteiger partial charge on any atom is -0.472 e. The number of fused-ring (bicyclic) bond motifs is 1. The molecule has 1 N–H and O–H groups in total. The minimum absolute atomic E-state index is 0.0190. The Labute approximate surface area is 202 Å². The number of ether oxygens (including phenoxy) is 2. The van der Waals surface area contributed by atoms with Crippen molar-refractivity contribution in [3.05, 3.63) is 23.4 Å². The fourth-order valence-corrected chi connectivity index (χ4v) is 5.43. The van der Waals surface area contributed by atoms with Crippen LogP contribution in [0, 0.1) is 11.8 Å². The summed E-state index contributed by atoms with van der Waals surface area (Å²) in [5, 5.41) is 9.85. The third-order valence-corrected chi connectivity index (χ3v) is 7.77. The molecule has 0 radical (unpaired) electrons. The first-order chi connectivity index (χ1) is 16.4. The van der Waals surface area contributed by atoms with Gasteiger partial charge in [0.25, 0.3) is 5.91 Å². The summed E-state index contributed by atoms with van der Waals surface area (Å²) >= 11 is 0. The number of aromatic nitrogens is 1. The number of aliphatic hydroxyl groups excluding tert-OH is 1. The van der Waals surface area contributed by atoms with E-state index in [1.165, 1.54) is 12.8 Å². The Hall–Kier alpha value is -2.19. The predicted molar refractivity (Wildman–Crippen MR) is 128 cm³/mol. The normalized spacial score (nSPS) is 25.3. The molecule has 8 heteroatoms. The first-order valence-electron chi connectivity index (χ1n) is 12.8. The summed E-state index contributed by atoms with van der Waals surface area (Å²) in [4.78, 5) is 34.7. The van der Waals surface area contributed by atoms with Crippen molar-refractivity contribution in [2.24, 2.45) is 11.8 Å². The molecule has 3 atom stereocenters. The molecule has 1 aliphatic carbocycles. The molecule has 0 bridgehead atoms. The zero-order chi connectivity index (χ0) is 24.2. The summed E-state index contributed by atoms with van der Waals surface area (Å²) in [5.74, 6) is 0.647. The lowest BCUT2D eigenvalue weighted by Crippen LogP contribution is -2.51. The number of rotatable bonds is 6. The van der Waals surface area contributed by atoms with E-state index in [1.54, 1.807) is 9.80 Å². The maximum Gasteiger partial charge on any atom is 0.259 e. The van der Waals surface area contributed by atoms with Crippen molar-refractivity contribution < 1.29 is 24.2 Å². The van der Waals surface area contributed by atoms with Crippen LogP contribution in [0.25, 0.3) is 0 Å². The first-order valence-corrected chi connectivity index (χ1v) is 12.8. The second-order valence-electron chi connectivity index (χ2n) is 10.3. The van der Waals surface area contributed by atoms with Crippen LogP contribution in [0.3, 0.4) is 0 Å². The van der Waals surface area contributed by atoms with Crippen molar-refractivity contribution in [1.29, 1.82) is 0 Å². The molecule has 2 aliphatic heterocycles. The molecule has 0 spiro atoms. The molecule has 188 valence electrons. The van der Waals surface area contributed by atoms with Crippen molar-refractivity contribution in [1.82, 2.24) is 14.8 Å². The lowest BCUT2D eigenvalue weighted by atomic mass is 9.95. The van der Waals surface area contributed by atoms with E-state index in [0.717, 1.165) is 31.2 Å². The molecule has 1 saturated carbocycles. The first kappa shape index (κ1) is 24.9. The number of aliphatic hydroxyl groups is 1. The highest BCUT2D eigenvalue weighted by Gasteiger charge is 2.36. The van der Waals surface area contributed by atoms with Gasteiger partial charge in [0.15, 0.2) is 0 Å². The molecular formula is C26H39N3O5. The van der Waals surface area contributed by atoms with Crippen molar-refractivity contribution >= 4 is 11.8 Å². The van der Waals surface area contributed by atoms with Gasteiger partial charge in [-0.3, -0.25) is 9.59 Å². The predicted octanol–water partition coefficient (Wildman–Crippen LogP) is 2.84. The number of carbonyl (C=O) groups excluding carboxylic acids is 2. The average molecular weight is 474 g/mol. The van der Waals surface area contributed by atoms with E-state index >= 15 is 0 Å². The van der Waals surface area contributed by atoms with Crippen LogP contribution < -0.4 is 4.74 Å². The van der Waals surface area contributed by atoms with Crippen molar-refractivity contribution in [3.8, 4) is 5.88 Å². The number of nitrogens with zero attached hydrogens (tertiary/aromatic N) is 3. The highest BCUT2D eigenvalue weighted by Crippen LogP contribution is 2.36. The summed E-state index contributed by atoms with van der Waals surface area (Å²) < 4.78 is 11.8. The number of amides is 2. The van der Waals surface area contributed by atoms with Gasteiger partial charge < -0.3 is 24.4 Å². The van der Waals surface area contributed by atoms with Gasteiger partial charge in [0, 0.05) is 44.8 Å². The van der Waals surface area contributed by atoms with Gasteiger partial charge in [-0.25, -0.2) is 4.98 Å². The molecule has 3 aliphatic rings. The van der Waals surface area contributed by atoms with Crippen LogP contribution in [0.15, 0.2) is 12.3 Å². The maximum atomic E-state index is 13.6. The fourth-order valence-electron chi connectivity index (χ4n) is 5.43. The van der Waals surface area contributed by atoms with Gasteiger partial charge in [-0.05, 0) is 50.2 Å². The molecule has 0 aromatic carbocycles. The average Bonchev–Trinajstić information content (AvgIpc) is 3.40. The second kappa shape index (κ2) is 11.0. The monoisotopic (exact) mass is 473 g/mol. The van der Waals surface area contributed by atoms with Gasteiger partial charge in [-0.1, -0.05) is 19.8 Å². The van der Waals surface area contributed by atoms with Gasteiger partial charge in [0.2, 0.25) is 11.8 Å². The molecule has 1 aromatic heterocycles. The third kappa shape index (κ3) is 5.38. The smallest absolute Gasteiger partial charge is 0.259 e. The summed E-state index contributed by atoms with van der Waals surface area (Å²) in [6, 6.07) is 1.63. The molecular weight excluding hydrogens is 434 g/mol. The van der Waals surface area contributed by atoms with E-state index in [4.69, 9.17) is 9.47 Å². The lowest BCUT2D eigenvalue weighted by molar-refractivity contribution is -0.138. The number of hydrogen-bond acceptors (Lipinski definition) is 6. The Balaban J connectivity index is 1.60. The summed E-state index contributed by atoms with van der Waals surface area (Å²) in [7, 11) is 1.82. The number of carbonyl (C=O) groups is 2. The van der Waals surface area contributed by atoms with E-state index < -0.39 is 0 Å². The second-order valence-corrected chi connectivity index (χ2v) is 10.3. The lowest BCUT2D eigenvalue weighted by Gasteiger charge is -2.38. The molecule has 3 heterocycles. The van der Waals surface area contributed by atoms with Crippen molar-refractivity contribution in [2.45, 2.75) is 70.4 Å². The zero-order valence-corrected chi connectivity index (χ0v) is 20.7. The SMILES string of the molecule is C[C@@H]1CN([C@H](C)CO)C(=O)c2cc(C3CCCC3)cnc2O[C@@H]1CN(C)C(=O)C1CCOCC1. The summed E-state index contributed by atoms with van der Waals surface area (Å²) in [6.45, 7) is 5.87. The van der Waals surface area contributed by atoms with Crippen LogP contribution >= 0.6 is 0 Å². The highest BCUT2D eigenvalue weighted by atomic mass is 16.5. The van der Waals surface area contributed by atoms with Gasteiger partial charge in [-0.2, -0.15) is 0 Å². The standard InChI is InChI=1S/C26H39N3O5/c1-17-14-29(18(2)16-30)26(32)22-12-21(19-6-4-5-7-19)13-27-24(22)34-23(17)15-28(3)25(31)20-8-10-33-11-9-20/h12-13,17-20,23,30H,4-11,14-16H2,1-3H3/t17-,18-,23-/m1/s1. The maximum absolute atomic E-state index is 13.6. The molecule has 8 nitrogen and oxygen atoms in total. The topological polar surface area (TPSA) is 92.2 Å². The molecule has 0 unspecified atom stereocenters. The van der Waals surface area contributed by atoms with Crippen LogP contribution in [0.1, 0.15) is 74.2 Å². The van der Waals surface area contributed by atoms with Gasteiger partial charge in [0.1, 0.15) is 11.7 Å². The molecule has 34 heavy (non-hydrogen) atoms. The van der Waals surface area contributed by atoms with E-state index in [-0.39, 0.29) is 42.4 Å². The van der Waals surface area contributed by atoms with E-state index in [1.807, 2.05) is 33.2 Å². The third-order valence-electron chi connectivity index (χ3n) is 7.77. The van der Waals surface area contributed by atoms with Crippen molar-refractivity contribution in [2.75, 3.05) is 40.0 Å². The van der Waals surface area contributed by atoms with E-state index in [0.29, 0.717) is 43.7 Å². The number of hydrogen-bond donors (Lipinski definition) is 1. The fraction of sp³-hybridized carbons (Fsp3) is 0.731. The Morgan fingerprint density at radius 2 is 1.97 bits per heavy atom. The van der Waals surface area contributed by atoms with Gasteiger partial charge in [0.05, 0.1) is 19.2 Å². The Kier molecular flexibility index (Phi) is 8.09. The van der Waals surface area contributed by atoms with Gasteiger partial charge in [-0.15, -0.1) is 0 Å². The van der Waals surface area contributed by atoms with Gasteiger partial charge >= 0.3 is 0 Å². The van der Waals surface area contributed by atoms with Crippen LogP contribution in [-0.4, -0.2) is 83.8 Å². The summed E-state index contributed by atoms with van der Waals surface area (Å²) in [6.07, 6.45) is 7.65. The zero-order valence-electron chi connectivity index (χ0n) is 20.7. The Morgan fingerprint density at radius 1 is 1.26 bits per heavy atom. The van der Waals surface area contributed by atoms with Crippen LogP contribution in [-0.2, 0) is 9.53 Å². The number of pyridine rings is 1. The highest BCUT2D eigenvalue weighted by molar-refractivity contribution is 5.97. The Morgan fingerprint density at radius 3 is 2.65 bits per heavy atom. The van der Waals surface area contributed by atoms with Crippen molar-refractivity contribution in [3.63, 3.8) is 0 Å². The largest absolute Gasteiger partial charge is 0.472 e. The summed E-state index contributed by atoms with van der Waals surface area (Å²) in [5.41, 5.74) is 1.54. The molecule has 1 saturated heterocycles. The molecule has 2 amide bonds. The quantitative estimate of drug-likeness (QED) is 0.683. The number of likely N-dealkylation sites (N-methyl/N-ethyl adjacent to an activating group) is 1. The van der Waals surface area contributed by atoms with Crippen LogP contribution in [0.2, 0.25) is 0 Å². The molecule has 1 aromatic rings. The minimum atomic E-state index is -0.321. The van der Waals surface area contributed by atoms with Crippen LogP contribution in [0.4, 0.5) is 0 Å². The van der Waals surface area contributed by atoms with E-state index in [9.17, 15) is 14.7 Å². The molecule has 2 fully saturated rings.